The van der Waals surface area contributed by atoms with E-state index in [1.807, 2.05) is 18.7 Å². The molecule has 0 amide bonds. The normalized spacial score (nSPS) is 10.9. The molecule has 0 aliphatic carbocycles. The van der Waals surface area contributed by atoms with Gasteiger partial charge in [-0.1, -0.05) is 13.3 Å². The average Bonchev–Trinajstić information content (AvgIpc) is 2.96. The van der Waals surface area contributed by atoms with Crippen molar-refractivity contribution >= 4 is 10.1 Å². The minimum Gasteiger partial charge on any atom is -0.337 e. The summed E-state index contributed by atoms with van der Waals surface area (Å²) in [5, 5.41) is -0.340. The fourth-order valence-corrected chi connectivity index (χ4v) is 1.98. The monoisotopic (exact) mass is 286 g/mol. The Hall–Kier alpha value is -1.67. The summed E-state index contributed by atoms with van der Waals surface area (Å²) in [6.07, 6.45) is 10.9. The van der Waals surface area contributed by atoms with Crippen LogP contribution in [0.25, 0.3) is 0 Å². The molecule has 0 atom stereocenters. The molecule has 106 valence electrons. The van der Waals surface area contributed by atoms with E-state index in [4.69, 9.17) is 4.55 Å². The number of rotatable bonds is 4. The quantitative estimate of drug-likeness (QED) is 0.857. The maximum atomic E-state index is 10.4. The highest BCUT2D eigenvalue weighted by molar-refractivity contribution is 7.85. The molecule has 8 heteroatoms. The molecule has 2 rings (SSSR count). The van der Waals surface area contributed by atoms with Gasteiger partial charge in [-0.05, 0) is 6.42 Å². The zero-order chi connectivity index (χ0) is 14.3. The van der Waals surface area contributed by atoms with Crippen LogP contribution in [0, 0.1) is 0 Å². The summed E-state index contributed by atoms with van der Waals surface area (Å²) in [4.78, 5) is 7.35. The molecule has 1 N–H and O–H groups in total. The summed E-state index contributed by atoms with van der Waals surface area (Å²) in [5.74, 6) is 0. The topological polar surface area (TPSA) is 90.0 Å². The van der Waals surface area contributed by atoms with Gasteiger partial charge < -0.3 is 9.13 Å². The first-order valence-electron chi connectivity index (χ1n) is 5.85. The van der Waals surface area contributed by atoms with Crippen LogP contribution in [0.5, 0.6) is 0 Å². The van der Waals surface area contributed by atoms with E-state index in [0.29, 0.717) is 0 Å². The van der Waals surface area contributed by atoms with Crippen molar-refractivity contribution in [1.82, 2.24) is 19.1 Å². The van der Waals surface area contributed by atoms with Crippen molar-refractivity contribution in [3.05, 3.63) is 31.1 Å². The minimum absolute atomic E-state index is 0.340. The van der Waals surface area contributed by atoms with Crippen LogP contribution < -0.4 is 0 Å². The van der Waals surface area contributed by atoms with Crippen molar-refractivity contribution in [2.24, 2.45) is 7.05 Å². The SMILES string of the molecule is CCCCn1ccnc1.Cn1ccnc1S(=O)(=O)O. The standard InChI is InChI=1S/C7H12N2.C4H6N2O3S/c1-2-3-5-9-6-4-8-7-9;1-6-3-2-5-4(6)10(7,8)9/h4,6-7H,2-3,5H2,1H3;2-3H,1H3,(H,7,8,9). The number of aromatic nitrogens is 4. The third-order valence-corrected chi connectivity index (χ3v) is 3.19. The van der Waals surface area contributed by atoms with E-state index in [1.54, 1.807) is 0 Å². The van der Waals surface area contributed by atoms with Gasteiger partial charge in [-0.25, -0.2) is 9.97 Å². The fraction of sp³-hybridized carbons (Fsp3) is 0.455. The second-order valence-electron chi connectivity index (χ2n) is 3.95. The Morgan fingerprint density at radius 2 is 2.05 bits per heavy atom. The molecule has 0 unspecified atom stereocenters. The van der Waals surface area contributed by atoms with Gasteiger partial charge in [-0.15, -0.1) is 0 Å². The number of nitrogens with zero attached hydrogens (tertiary/aromatic N) is 4. The number of aryl methyl sites for hydroxylation is 2. The maximum absolute atomic E-state index is 10.4. The van der Waals surface area contributed by atoms with Crippen molar-refractivity contribution in [3.63, 3.8) is 0 Å². The van der Waals surface area contributed by atoms with Crippen LogP contribution in [0.15, 0.2) is 36.3 Å². The third-order valence-electron chi connectivity index (χ3n) is 2.34. The molecule has 7 nitrogen and oxygen atoms in total. The Bertz CT molecular complexity index is 575. The van der Waals surface area contributed by atoms with E-state index >= 15 is 0 Å². The van der Waals surface area contributed by atoms with Gasteiger partial charge >= 0.3 is 10.1 Å². The lowest BCUT2D eigenvalue weighted by atomic mass is 10.3. The van der Waals surface area contributed by atoms with E-state index in [0.717, 1.165) is 6.54 Å². The van der Waals surface area contributed by atoms with E-state index in [2.05, 4.69) is 21.5 Å². The molecule has 2 heterocycles. The van der Waals surface area contributed by atoms with Gasteiger partial charge in [0, 0.05) is 38.4 Å². The maximum Gasteiger partial charge on any atom is 0.328 e. The molecule has 0 bridgehead atoms. The smallest absolute Gasteiger partial charge is 0.328 e. The average molecular weight is 286 g/mol. The molecule has 0 aliphatic rings. The van der Waals surface area contributed by atoms with Gasteiger partial charge in [-0.3, -0.25) is 4.55 Å². The van der Waals surface area contributed by atoms with Crippen molar-refractivity contribution in [3.8, 4) is 0 Å². The predicted octanol–water partition coefficient (Wildman–Crippen LogP) is 1.35. The number of unbranched alkanes of at least 4 members (excludes halogenated alkanes) is 1. The van der Waals surface area contributed by atoms with Crippen molar-refractivity contribution in [2.75, 3.05) is 0 Å². The molecular formula is C11H18N4O3S. The number of imidazole rings is 2. The van der Waals surface area contributed by atoms with E-state index < -0.39 is 10.1 Å². The highest BCUT2D eigenvalue weighted by Crippen LogP contribution is 2.01. The Balaban J connectivity index is 0.000000191. The predicted molar refractivity (Wildman–Crippen MR) is 70.2 cm³/mol. The van der Waals surface area contributed by atoms with Gasteiger partial charge in [-0.2, -0.15) is 8.42 Å². The second-order valence-corrected chi connectivity index (χ2v) is 5.27. The fourth-order valence-electron chi connectivity index (χ4n) is 1.36. The molecule has 0 aromatic carbocycles. The molecule has 0 spiro atoms. The van der Waals surface area contributed by atoms with Crippen LogP contribution in [0.2, 0.25) is 0 Å². The molecular weight excluding hydrogens is 268 g/mol. The molecule has 19 heavy (non-hydrogen) atoms. The highest BCUT2D eigenvalue weighted by atomic mass is 32.2. The largest absolute Gasteiger partial charge is 0.337 e. The van der Waals surface area contributed by atoms with Crippen LogP contribution in [0.1, 0.15) is 19.8 Å². The summed E-state index contributed by atoms with van der Waals surface area (Å²) < 4.78 is 32.5. The lowest BCUT2D eigenvalue weighted by Crippen LogP contribution is -2.05. The zero-order valence-electron chi connectivity index (χ0n) is 11.0. The van der Waals surface area contributed by atoms with Gasteiger partial charge in [0.1, 0.15) is 0 Å². The van der Waals surface area contributed by atoms with Crippen LogP contribution in [-0.2, 0) is 23.7 Å². The summed E-state index contributed by atoms with van der Waals surface area (Å²) in [6, 6.07) is 0. The first-order chi connectivity index (χ1) is 8.95. The Morgan fingerprint density at radius 1 is 1.32 bits per heavy atom. The first kappa shape index (κ1) is 15.4. The van der Waals surface area contributed by atoms with Crippen molar-refractivity contribution in [2.45, 2.75) is 31.5 Å². The molecule has 0 fully saturated rings. The molecule has 0 radical (unpaired) electrons. The van der Waals surface area contributed by atoms with Gasteiger partial charge in [0.05, 0.1) is 6.33 Å². The highest BCUT2D eigenvalue weighted by Gasteiger charge is 2.13. The Kier molecular flexibility index (Phi) is 5.71. The number of hydrogen-bond donors (Lipinski definition) is 1. The van der Waals surface area contributed by atoms with Crippen LogP contribution in [-0.4, -0.2) is 32.1 Å². The van der Waals surface area contributed by atoms with Crippen LogP contribution in [0.3, 0.4) is 0 Å². The molecule has 2 aromatic heterocycles. The summed E-state index contributed by atoms with van der Waals surface area (Å²) in [5.41, 5.74) is 0. The lowest BCUT2D eigenvalue weighted by molar-refractivity contribution is 0.469. The van der Waals surface area contributed by atoms with E-state index in [-0.39, 0.29) is 5.16 Å². The van der Waals surface area contributed by atoms with Crippen molar-refractivity contribution in [1.29, 1.82) is 0 Å². The molecule has 0 aliphatic heterocycles. The minimum atomic E-state index is -4.14. The lowest BCUT2D eigenvalue weighted by Gasteiger charge is -1.96. The Morgan fingerprint density at radius 3 is 2.42 bits per heavy atom. The van der Waals surface area contributed by atoms with Gasteiger partial charge in [0.2, 0.25) is 0 Å². The Labute approximate surface area is 112 Å². The molecule has 0 saturated heterocycles. The van der Waals surface area contributed by atoms with Crippen molar-refractivity contribution < 1.29 is 13.0 Å². The number of hydrogen-bond acceptors (Lipinski definition) is 4. The van der Waals surface area contributed by atoms with Crippen LogP contribution in [0.4, 0.5) is 0 Å². The zero-order valence-corrected chi connectivity index (χ0v) is 11.8. The summed E-state index contributed by atoms with van der Waals surface area (Å²) in [7, 11) is -2.66. The van der Waals surface area contributed by atoms with Gasteiger partial charge in [0.15, 0.2) is 0 Å². The molecule has 0 saturated carbocycles. The first-order valence-corrected chi connectivity index (χ1v) is 7.29. The van der Waals surface area contributed by atoms with Crippen LogP contribution >= 0.6 is 0 Å². The molecule has 2 aromatic rings. The van der Waals surface area contributed by atoms with E-state index in [9.17, 15) is 8.42 Å². The van der Waals surface area contributed by atoms with E-state index in [1.165, 1.54) is 36.9 Å². The third kappa shape index (κ3) is 5.23. The second kappa shape index (κ2) is 7.05. The summed E-state index contributed by atoms with van der Waals surface area (Å²) >= 11 is 0. The summed E-state index contributed by atoms with van der Waals surface area (Å²) in [6.45, 7) is 3.30. The van der Waals surface area contributed by atoms with Gasteiger partial charge in [0.25, 0.3) is 5.16 Å².